The van der Waals surface area contributed by atoms with E-state index in [-0.39, 0.29) is 0 Å². The zero-order valence-electron chi connectivity index (χ0n) is 15.7. The van der Waals surface area contributed by atoms with Crippen LogP contribution in [0.5, 0.6) is 5.75 Å². The number of pyridine rings is 1. The summed E-state index contributed by atoms with van der Waals surface area (Å²) in [7, 11) is 2.25. The SMILES string of the molecule is CN(Cc1ccccn1)[C@@H]1CCCN(Cc2ccc3c(c2)CCO3)CC1. The highest BCUT2D eigenvalue weighted by molar-refractivity contribution is 5.39. The standard InChI is InChI=1S/C22H29N3O/c1-24(17-20-5-2-3-11-23-20)21-6-4-12-25(13-9-21)16-18-7-8-22-19(15-18)10-14-26-22/h2-3,5,7-8,11,15,21H,4,6,9-10,12-14,16-17H2,1H3/t21-/m1/s1. The predicted octanol–water partition coefficient (Wildman–Crippen LogP) is 3.50. The molecular weight excluding hydrogens is 322 g/mol. The fraction of sp³-hybridized carbons (Fsp3) is 0.500. The van der Waals surface area contributed by atoms with Crippen LogP contribution in [0.25, 0.3) is 0 Å². The Morgan fingerprint density at radius 1 is 1.19 bits per heavy atom. The van der Waals surface area contributed by atoms with Gasteiger partial charge in [0.15, 0.2) is 0 Å². The molecule has 0 spiro atoms. The van der Waals surface area contributed by atoms with Crippen LogP contribution >= 0.6 is 0 Å². The van der Waals surface area contributed by atoms with Crippen LogP contribution in [0.4, 0.5) is 0 Å². The summed E-state index contributed by atoms with van der Waals surface area (Å²) in [4.78, 5) is 9.58. The minimum atomic E-state index is 0.649. The summed E-state index contributed by atoms with van der Waals surface area (Å²) in [5.41, 5.74) is 3.97. The average Bonchev–Trinajstić information content (AvgIpc) is 3.00. The monoisotopic (exact) mass is 351 g/mol. The Labute approximate surface area is 156 Å². The predicted molar refractivity (Wildman–Crippen MR) is 104 cm³/mol. The first-order chi connectivity index (χ1) is 12.8. The molecule has 1 fully saturated rings. The molecule has 1 atom stereocenters. The van der Waals surface area contributed by atoms with Crippen molar-refractivity contribution in [2.45, 2.75) is 44.8 Å². The lowest BCUT2D eigenvalue weighted by molar-refractivity contribution is 0.204. The second-order valence-corrected chi connectivity index (χ2v) is 7.64. The zero-order chi connectivity index (χ0) is 17.8. The number of rotatable bonds is 5. The van der Waals surface area contributed by atoms with Gasteiger partial charge < -0.3 is 4.74 Å². The molecule has 0 unspecified atom stereocenters. The van der Waals surface area contributed by atoms with Crippen LogP contribution in [-0.4, -0.2) is 47.6 Å². The molecular formula is C22H29N3O. The molecule has 1 saturated heterocycles. The Bertz CT molecular complexity index is 719. The molecule has 0 amide bonds. The molecule has 4 heteroatoms. The number of ether oxygens (including phenoxy) is 1. The molecule has 2 aliphatic heterocycles. The number of nitrogens with zero attached hydrogens (tertiary/aromatic N) is 3. The van der Waals surface area contributed by atoms with Crippen LogP contribution in [0.1, 0.15) is 36.1 Å². The van der Waals surface area contributed by atoms with Gasteiger partial charge in [0.25, 0.3) is 0 Å². The average molecular weight is 351 g/mol. The van der Waals surface area contributed by atoms with Crippen molar-refractivity contribution in [3.8, 4) is 5.75 Å². The van der Waals surface area contributed by atoms with Crippen LogP contribution < -0.4 is 4.74 Å². The summed E-state index contributed by atoms with van der Waals surface area (Å²) in [6, 6.07) is 13.6. The second kappa shape index (κ2) is 8.19. The molecule has 4 nitrogen and oxygen atoms in total. The van der Waals surface area contributed by atoms with E-state index in [4.69, 9.17) is 4.74 Å². The van der Waals surface area contributed by atoms with Gasteiger partial charge in [0, 0.05) is 31.7 Å². The molecule has 0 radical (unpaired) electrons. The van der Waals surface area contributed by atoms with E-state index < -0.39 is 0 Å². The lowest BCUT2D eigenvalue weighted by atomic mass is 10.1. The Morgan fingerprint density at radius 2 is 2.15 bits per heavy atom. The molecule has 26 heavy (non-hydrogen) atoms. The number of fused-ring (bicyclic) bond motifs is 1. The molecule has 0 saturated carbocycles. The van der Waals surface area contributed by atoms with E-state index in [2.05, 4.69) is 52.2 Å². The molecule has 2 aliphatic rings. The second-order valence-electron chi connectivity index (χ2n) is 7.64. The van der Waals surface area contributed by atoms with Gasteiger partial charge >= 0.3 is 0 Å². The van der Waals surface area contributed by atoms with Gasteiger partial charge in [-0.15, -0.1) is 0 Å². The Balaban J connectivity index is 1.31. The van der Waals surface area contributed by atoms with Gasteiger partial charge in [-0.25, -0.2) is 0 Å². The fourth-order valence-corrected chi connectivity index (χ4v) is 4.21. The molecule has 0 N–H and O–H groups in total. The molecule has 0 aliphatic carbocycles. The van der Waals surface area contributed by atoms with Crippen molar-refractivity contribution >= 4 is 0 Å². The quantitative estimate of drug-likeness (QED) is 0.824. The maximum Gasteiger partial charge on any atom is 0.122 e. The Morgan fingerprint density at radius 3 is 3.04 bits per heavy atom. The van der Waals surface area contributed by atoms with E-state index in [1.807, 2.05) is 12.3 Å². The van der Waals surface area contributed by atoms with Gasteiger partial charge in [-0.1, -0.05) is 18.2 Å². The van der Waals surface area contributed by atoms with E-state index >= 15 is 0 Å². The number of likely N-dealkylation sites (tertiary alicyclic amines) is 1. The minimum absolute atomic E-state index is 0.649. The summed E-state index contributed by atoms with van der Waals surface area (Å²) in [6.07, 6.45) is 6.73. The van der Waals surface area contributed by atoms with Gasteiger partial charge in [0.05, 0.1) is 12.3 Å². The zero-order valence-corrected chi connectivity index (χ0v) is 15.7. The summed E-state index contributed by atoms with van der Waals surface area (Å²) in [5.74, 6) is 1.08. The smallest absolute Gasteiger partial charge is 0.122 e. The maximum absolute atomic E-state index is 5.63. The van der Waals surface area contributed by atoms with Crippen LogP contribution in [0.2, 0.25) is 0 Å². The molecule has 1 aromatic heterocycles. The maximum atomic E-state index is 5.63. The highest BCUT2D eigenvalue weighted by atomic mass is 16.5. The molecule has 2 aromatic rings. The lowest BCUT2D eigenvalue weighted by Gasteiger charge is -2.27. The van der Waals surface area contributed by atoms with Gasteiger partial charge in [-0.3, -0.25) is 14.8 Å². The van der Waals surface area contributed by atoms with Crippen molar-refractivity contribution in [1.82, 2.24) is 14.8 Å². The summed E-state index contributed by atoms with van der Waals surface area (Å²) >= 11 is 0. The first-order valence-electron chi connectivity index (χ1n) is 9.85. The first kappa shape index (κ1) is 17.5. The van der Waals surface area contributed by atoms with Crippen molar-refractivity contribution in [3.05, 3.63) is 59.4 Å². The minimum Gasteiger partial charge on any atom is -0.493 e. The van der Waals surface area contributed by atoms with Crippen molar-refractivity contribution in [3.63, 3.8) is 0 Å². The normalized spacial score (nSPS) is 20.6. The number of aromatic nitrogens is 1. The first-order valence-corrected chi connectivity index (χ1v) is 9.85. The third kappa shape index (κ3) is 4.25. The molecule has 1 aromatic carbocycles. The summed E-state index contributed by atoms with van der Waals surface area (Å²) < 4.78 is 5.63. The fourth-order valence-electron chi connectivity index (χ4n) is 4.21. The molecule has 3 heterocycles. The van der Waals surface area contributed by atoms with E-state index in [1.165, 1.54) is 43.5 Å². The van der Waals surface area contributed by atoms with Gasteiger partial charge in [0.1, 0.15) is 5.75 Å². The number of benzene rings is 1. The largest absolute Gasteiger partial charge is 0.493 e. The van der Waals surface area contributed by atoms with Gasteiger partial charge in [-0.2, -0.15) is 0 Å². The molecule has 0 bridgehead atoms. The Hall–Kier alpha value is -1.91. The van der Waals surface area contributed by atoms with Crippen LogP contribution in [0, 0.1) is 0 Å². The van der Waals surface area contributed by atoms with E-state index in [1.54, 1.807) is 0 Å². The third-order valence-corrected chi connectivity index (χ3v) is 5.71. The topological polar surface area (TPSA) is 28.6 Å². The summed E-state index contributed by atoms with van der Waals surface area (Å²) in [5, 5.41) is 0. The van der Waals surface area contributed by atoms with Crippen LogP contribution in [0.15, 0.2) is 42.6 Å². The van der Waals surface area contributed by atoms with E-state index in [9.17, 15) is 0 Å². The highest BCUT2D eigenvalue weighted by Crippen LogP contribution is 2.27. The Kier molecular flexibility index (Phi) is 5.51. The van der Waals surface area contributed by atoms with Gasteiger partial charge in [-0.05, 0) is 68.7 Å². The van der Waals surface area contributed by atoms with Crippen molar-refractivity contribution in [2.75, 3.05) is 26.7 Å². The third-order valence-electron chi connectivity index (χ3n) is 5.71. The van der Waals surface area contributed by atoms with Gasteiger partial charge in [0.2, 0.25) is 0 Å². The molecule has 4 rings (SSSR count). The van der Waals surface area contributed by atoms with E-state index in [0.717, 1.165) is 37.6 Å². The van der Waals surface area contributed by atoms with E-state index in [0.29, 0.717) is 6.04 Å². The summed E-state index contributed by atoms with van der Waals surface area (Å²) in [6.45, 7) is 5.21. The van der Waals surface area contributed by atoms with Crippen LogP contribution in [-0.2, 0) is 19.5 Å². The number of hydrogen-bond acceptors (Lipinski definition) is 4. The highest BCUT2D eigenvalue weighted by Gasteiger charge is 2.21. The number of hydrogen-bond donors (Lipinski definition) is 0. The van der Waals surface area contributed by atoms with Crippen molar-refractivity contribution < 1.29 is 4.74 Å². The van der Waals surface area contributed by atoms with Crippen molar-refractivity contribution in [1.29, 1.82) is 0 Å². The molecule has 138 valence electrons. The lowest BCUT2D eigenvalue weighted by Crippen LogP contribution is -2.32. The van der Waals surface area contributed by atoms with Crippen LogP contribution in [0.3, 0.4) is 0 Å². The van der Waals surface area contributed by atoms with Crippen molar-refractivity contribution in [2.24, 2.45) is 0 Å².